The van der Waals surface area contributed by atoms with Crippen LogP contribution in [-0.2, 0) is 9.59 Å². The fourth-order valence-corrected chi connectivity index (χ4v) is 8.26. The molecule has 8 rings (SSSR count). The topological polar surface area (TPSA) is 160 Å². The van der Waals surface area contributed by atoms with E-state index in [1.165, 1.54) is 24.8 Å². The smallest absolute Gasteiger partial charge is 0.236 e. The quantitative estimate of drug-likeness (QED) is 0.108. The van der Waals surface area contributed by atoms with Crippen molar-refractivity contribution in [2.24, 2.45) is 0 Å². The van der Waals surface area contributed by atoms with Crippen molar-refractivity contribution in [3.8, 4) is 23.0 Å². The van der Waals surface area contributed by atoms with Crippen LogP contribution in [-0.4, -0.2) is 145 Å². The number of aromatic nitrogens is 4. The highest BCUT2D eigenvalue weighted by molar-refractivity contribution is 6.31. The van der Waals surface area contributed by atoms with Gasteiger partial charge in [-0.05, 0) is 90.3 Å². The monoisotopic (exact) mass is 974 g/mol. The Labute approximate surface area is 403 Å². The van der Waals surface area contributed by atoms with Gasteiger partial charge in [0.15, 0.2) is 34.6 Å². The zero-order valence-electron chi connectivity index (χ0n) is 38.7. The molecule has 4 aromatic carbocycles. The zero-order chi connectivity index (χ0) is 48.5. The van der Waals surface area contributed by atoms with Crippen molar-refractivity contribution in [1.82, 2.24) is 39.5 Å². The van der Waals surface area contributed by atoms with Gasteiger partial charge in [0.1, 0.15) is 36.5 Å². The van der Waals surface area contributed by atoms with E-state index in [-0.39, 0.29) is 45.4 Å². The third kappa shape index (κ3) is 12.2. The molecule has 2 amide bonds. The van der Waals surface area contributed by atoms with Gasteiger partial charge in [-0.25, -0.2) is 28.7 Å². The minimum absolute atomic E-state index is 0.0136. The Morgan fingerprint density at radius 1 is 0.647 bits per heavy atom. The van der Waals surface area contributed by atoms with E-state index >= 15 is 0 Å². The van der Waals surface area contributed by atoms with E-state index in [2.05, 4.69) is 30.6 Å². The summed E-state index contributed by atoms with van der Waals surface area (Å²) in [6.45, 7) is 3.15. The number of methoxy groups -OCH3 is 2. The van der Waals surface area contributed by atoms with E-state index in [4.69, 9.17) is 42.1 Å². The van der Waals surface area contributed by atoms with Gasteiger partial charge >= 0.3 is 0 Å². The number of nitrogens with zero attached hydrogens (tertiary/aromatic N) is 8. The number of amides is 2. The van der Waals surface area contributed by atoms with E-state index in [1.807, 2.05) is 47.8 Å². The first-order valence-electron chi connectivity index (χ1n) is 22.0. The molecule has 2 aliphatic rings. The van der Waals surface area contributed by atoms with Crippen molar-refractivity contribution >= 4 is 79.8 Å². The van der Waals surface area contributed by atoms with Crippen LogP contribution in [0.2, 0.25) is 10.0 Å². The molecule has 6 aromatic rings. The lowest BCUT2D eigenvalue weighted by molar-refractivity contribution is -0.135. The molecule has 0 saturated carbocycles. The highest BCUT2D eigenvalue weighted by Crippen LogP contribution is 2.38. The summed E-state index contributed by atoms with van der Waals surface area (Å²) in [6, 6.07) is 16.5. The summed E-state index contributed by atoms with van der Waals surface area (Å²) in [5.41, 5.74) is 1.62. The molecule has 0 unspecified atom stereocenters. The summed E-state index contributed by atoms with van der Waals surface area (Å²) >= 11 is 11.8. The molecule has 4 heterocycles. The average Bonchev–Trinajstić information content (AvgIpc) is 3.32. The van der Waals surface area contributed by atoms with Crippen LogP contribution < -0.4 is 29.6 Å². The highest BCUT2D eigenvalue weighted by atomic mass is 35.5. The molecule has 2 saturated heterocycles. The molecule has 2 atom stereocenters. The van der Waals surface area contributed by atoms with E-state index in [0.29, 0.717) is 95.7 Å². The summed E-state index contributed by atoms with van der Waals surface area (Å²) < 4.78 is 52.6. The number of halogens is 4. The lowest BCUT2D eigenvalue weighted by Gasteiger charge is -2.33. The number of hydrogen-bond acceptors (Lipinski definition) is 14. The Bertz CT molecular complexity index is 2570. The van der Waals surface area contributed by atoms with Crippen molar-refractivity contribution in [2.75, 3.05) is 92.3 Å². The van der Waals surface area contributed by atoms with Crippen LogP contribution >= 0.6 is 23.2 Å². The number of likely N-dealkylation sites (N-methyl/N-ethyl adjacent to an activating group) is 2. The second kappa shape index (κ2) is 22.6. The van der Waals surface area contributed by atoms with Gasteiger partial charge in [0.25, 0.3) is 0 Å². The largest absolute Gasteiger partial charge is 0.493 e. The Morgan fingerprint density at radius 3 is 1.44 bits per heavy atom. The summed E-state index contributed by atoms with van der Waals surface area (Å²) in [7, 11) is 10.6. The first-order valence-corrected chi connectivity index (χ1v) is 22.7. The number of ether oxygens (including phenoxy) is 4. The predicted molar refractivity (Wildman–Crippen MR) is 259 cm³/mol. The molecule has 360 valence electrons. The maximum atomic E-state index is 14.5. The second-order valence-corrected chi connectivity index (χ2v) is 17.7. The van der Waals surface area contributed by atoms with Crippen molar-refractivity contribution < 1.29 is 37.3 Å². The minimum Gasteiger partial charge on any atom is -0.493 e. The molecule has 0 radical (unpaired) electrons. The van der Waals surface area contributed by atoms with Crippen LogP contribution in [0.3, 0.4) is 0 Å². The average molecular weight is 976 g/mol. The molecule has 16 nitrogen and oxygen atoms in total. The van der Waals surface area contributed by atoms with Crippen LogP contribution in [0.4, 0.5) is 31.8 Å². The van der Waals surface area contributed by atoms with Gasteiger partial charge in [-0.1, -0.05) is 35.3 Å². The van der Waals surface area contributed by atoms with Gasteiger partial charge in [0.2, 0.25) is 11.8 Å². The lowest BCUT2D eigenvalue weighted by Crippen LogP contribution is -2.47. The van der Waals surface area contributed by atoms with Gasteiger partial charge in [0, 0.05) is 36.0 Å². The number of rotatable bonds is 14. The first-order chi connectivity index (χ1) is 32.7. The number of hydrogen-bond donors (Lipinski definition) is 2. The maximum absolute atomic E-state index is 14.5. The lowest BCUT2D eigenvalue weighted by atomic mass is 10.1. The van der Waals surface area contributed by atoms with Crippen molar-refractivity contribution in [3.05, 3.63) is 95.0 Å². The van der Waals surface area contributed by atoms with Crippen LogP contribution in [0.25, 0.3) is 21.8 Å². The number of likely N-dealkylation sites (tertiary alicyclic amines) is 2. The molecule has 2 fully saturated rings. The normalized spacial score (nSPS) is 16.1. The van der Waals surface area contributed by atoms with Crippen molar-refractivity contribution in [3.63, 3.8) is 0 Å². The summed E-state index contributed by atoms with van der Waals surface area (Å²) in [6.07, 6.45) is 5.75. The summed E-state index contributed by atoms with van der Waals surface area (Å²) in [5, 5.41) is 7.29. The molecule has 0 spiro atoms. The Hall–Kier alpha value is -6.34. The maximum Gasteiger partial charge on any atom is 0.236 e. The van der Waals surface area contributed by atoms with E-state index in [9.17, 15) is 18.4 Å². The molecule has 2 aliphatic heterocycles. The number of piperidine rings is 2. The van der Waals surface area contributed by atoms with Gasteiger partial charge in [-0.3, -0.25) is 9.59 Å². The molecule has 2 aromatic heterocycles. The Balaban J connectivity index is 0.000000201. The Kier molecular flexibility index (Phi) is 16.5. The molecular weight excluding hydrogens is 921 g/mol. The minimum atomic E-state index is -0.564. The number of carbonyl (C=O) groups excluding carboxylic acids is 2. The molecule has 0 bridgehead atoms. The van der Waals surface area contributed by atoms with Crippen molar-refractivity contribution in [1.29, 1.82) is 0 Å². The van der Waals surface area contributed by atoms with E-state index in [1.54, 1.807) is 62.8 Å². The van der Waals surface area contributed by atoms with Crippen LogP contribution in [0.15, 0.2) is 73.3 Å². The summed E-state index contributed by atoms with van der Waals surface area (Å²) in [4.78, 5) is 49.6. The molecule has 2 N–H and O–H groups in total. The third-order valence-electron chi connectivity index (χ3n) is 11.2. The second-order valence-electron chi connectivity index (χ2n) is 16.9. The fourth-order valence-electron chi connectivity index (χ4n) is 7.91. The van der Waals surface area contributed by atoms with E-state index in [0.717, 1.165) is 25.7 Å². The van der Waals surface area contributed by atoms with Crippen LogP contribution in [0.1, 0.15) is 25.7 Å². The SMILES string of the molecule is COc1cc2ncnc(Nc3cccc(Cl)c3F)c2cc1O[C@@H]1CCCN(C(=O)CN(C)C)C1.COc1cc2ncnc(Nc3cccc(Cl)c3F)c2cc1O[C@H]1CCCN(C(=O)CN(C)C)C1. The highest BCUT2D eigenvalue weighted by Gasteiger charge is 2.28. The standard InChI is InChI=1S/2C24H27ClFN5O3/c2*1-30(2)13-22(32)31-9-5-6-15(12-31)34-21-10-16-19(11-20(21)33-3)27-14-28-24(16)29-18-8-4-7-17(25)23(18)26/h2*4,7-8,10-11,14-15H,5-6,9,12-13H2,1-3H3,(H,27,28,29)/t2*15-/m10/s1. The number of carbonyl (C=O) groups is 2. The molecule has 20 heteroatoms. The van der Waals surface area contributed by atoms with Gasteiger partial charge in [-0.2, -0.15) is 0 Å². The number of fused-ring (bicyclic) bond motifs is 2. The number of anilines is 4. The molecule has 0 aliphatic carbocycles. The molecular formula is C48H54Cl2F2N10O6. The first kappa shape index (κ1) is 49.6. The van der Waals surface area contributed by atoms with Gasteiger partial charge in [-0.15, -0.1) is 0 Å². The van der Waals surface area contributed by atoms with Gasteiger partial charge in [0.05, 0.1) is 72.9 Å². The third-order valence-corrected chi connectivity index (χ3v) is 11.8. The van der Waals surface area contributed by atoms with Crippen LogP contribution in [0, 0.1) is 11.6 Å². The van der Waals surface area contributed by atoms with Crippen molar-refractivity contribution in [2.45, 2.75) is 37.9 Å². The predicted octanol–water partition coefficient (Wildman–Crippen LogP) is 8.21. The Morgan fingerprint density at radius 2 is 1.06 bits per heavy atom. The number of benzene rings is 4. The van der Waals surface area contributed by atoms with Crippen LogP contribution in [0.5, 0.6) is 23.0 Å². The fraction of sp³-hybridized carbons (Fsp3) is 0.375. The zero-order valence-corrected chi connectivity index (χ0v) is 40.2. The van der Waals surface area contributed by atoms with E-state index < -0.39 is 11.6 Å². The number of nitrogens with one attached hydrogen (secondary N) is 2. The molecule has 68 heavy (non-hydrogen) atoms. The summed E-state index contributed by atoms with van der Waals surface area (Å²) in [5.74, 6) is 1.88. The van der Waals surface area contributed by atoms with Gasteiger partial charge < -0.3 is 49.2 Å².